The Morgan fingerprint density at radius 1 is 1.30 bits per heavy atom. The Morgan fingerprint density at radius 2 is 2.05 bits per heavy atom. The second-order valence-corrected chi connectivity index (χ2v) is 5.09. The molecule has 1 fully saturated rings. The van der Waals surface area contributed by atoms with E-state index in [0.717, 1.165) is 12.8 Å². The number of hydrogen-bond donors (Lipinski definition) is 1. The molecule has 0 aliphatic heterocycles. The van der Waals surface area contributed by atoms with Crippen LogP contribution in [0.15, 0.2) is 12.4 Å². The van der Waals surface area contributed by atoms with Crippen LogP contribution in [0.5, 0.6) is 0 Å². The van der Waals surface area contributed by atoms with Crippen LogP contribution in [0.25, 0.3) is 0 Å². The summed E-state index contributed by atoms with van der Waals surface area (Å²) >= 11 is 0. The average Bonchev–Trinajstić information content (AvgIpc) is 2.82. The minimum absolute atomic E-state index is 0.0230. The maximum Gasteiger partial charge on any atom is 0.411 e. The van der Waals surface area contributed by atoms with Crippen LogP contribution in [-0.2, 0) is 11.3 Å². The summed E-state index contributed by atoms with van der Waals surface area (Å²) in [5.74, 6) is 0.715. The van der Waals surface area contributed by atoms with Crippen LogP contribution in [0.4, 0.5) is 19.1 Å². The molecule has 0 atom stereocenters. The van der Waals surface area contributed by atoms with Crippen molar-refractivity contribution >= 4 is 5.95 Å². The Hall–Kier alpha value is -1.24. The highest BCUT2D eigenvalue weighted by molar-refractivity contribution is 5.27. The highest BCUT2D eigenvalue weighted by atomic mass is 19.4. The number of nitrogens with zero attached hydrogens (tertiary/aromatic N) is 2. The predicted octanol–water partition coefficient (Wildman–Crippen LogP) is 3.21. The maximum atomic E-state index is 12.0. The van der Waals surface area contributed by atoms with Gasteiger partial charge in [0.25, 0.3) is 0 Å². The summed E-state index contributed by atoms with van der Waals surface area (Å²) in [6.07, 6.45) is 5.09. The number of anilines is 1. The second-order valence-electron chi connectivity index (χ2n) is 5.09. The molecule has 1 saturated carbocycles. The van der Waals surface area contributed by atoms with Crippen LogP contribution in [0.2, 0.25) is 0 Å². The van der Waals surface area contributed by atoms with Gasteiger partial charge < -0.3 is 14.6 Å². The van der Waals surface area contributed by atoms with Gasteiger partial charge in [-0.2, -0.15) is 13.2 Å². The van der Waals surface area contributed by atoms with Gasteiger partial charge in [-0.15, -0.1) is 0 Å². The van der Waals surface area contributed by atoms with Crippen molar-refractivity contribution in [1.29, 1.82) is 0 Å². The van der Waals surface area contributed by atoms with Gasteiger partial charge in [0.15, 0.2) is 0 Å². The molecule has 1 aliphatic carbocycles. The molecule has 1 N–H and O–H groups in total. The van der Waals surface area contributed by atoms with Crippen LogP contribution >= 0.6 is 0 Å². The van der Waals surface area contributed by atoms with Crippen molar-refractivity contribution < 1.29 is 17.9 Å². The monoisotopic (exact) mass is 291 g/mol. The molecule has 7 heteroatoms. The Labute approximate surface area is 116 Å². The molecule has 0 aromatic carbocycles. The summed E-state index contributed by atoms with van der Waals surface area (Å²) < 4.78 is 42.3. The van der Waals surface area contributed by atoms with E-state index in [1.54, 1.807) is 17.0 Å². The second kappa shape index (κ2) is 6.97. The first-order chi connectivity index (χ1) is 9.54. The molecule has 4 nitrogen and oxygen atoms in total. The summed E-state index contributed by atoms with van der Waals surface area (Å²) in [6, 6.07) is 0.418. The van der Waals surface area contributed by atoms with E-state index in [2.05, 4.69) is 15.0 Å². The zero-order valence-electron chi connectivity index (χ0n) is 11.3. The average molecular weight is 291 g/mol. The Morgan fingerprint density at radius 3 is 2.75 bits per heavy atom. The number of aromatic nitrogens is 2. The molecule has 0 spiro atoms. The molecule has 0 bridgehead atoms. The highest BCUT2D eigenvalue weighted by Crippen LogP contribution is 2.21. The van der Waals surface area contributed by atoms with Gasteiger partial charge in [-0.1, -0.05) is 19.3 Å². The molecule has 0 radical (unpaired) electrons. The van der Waals surface area contributed by atoms with E-state index >= 15 is 0 Å². The summed E-state index contributed by atoms with van der Waals surface area (Å²) in [4.78, 5) is 4.21. The molecule has 1 aliphatic rings. The van der Waals surface area contributed by atoms with Crippen molar-refractivity contribution in [3.8, 4) is 0 Å². The maximum absolute atomic E-state index is 12.0. The molecule has 1 aromatic rings. The van der Waals surface area contributed by atoms with Crippen molar-refractivity contribution in [2.75, 3.05) is 18.5 Å². The molecule has 0 unspecified atom stereocenters. The quantitative estimate of drug-likeness (QED) is 0.818. The van der Waals surface area contributed by atoms with Gasteiger partial charge >= 0.3 is 6.18 Å². The third-order valence-electron chi connectivity index (χ3n) is 3.40. The fourth-order valence-electron chi connectivity index (χ4n) is 2.41. The number of halogens is 3. The first-order valence-corrected chi connectivity index (χ1v) is 6.97. The normalized spacial score (nSPS) is 17.4. The largest absolute Gasteiger partial charge is 0.411 e. The first-order valence-electron chi connectivity index (χ1n) is 6.97. The third-order valence-corrected chi connectivity index (χ3v) is 3.40. The van der Waals surface area contributed by atoms with E-state index in [9.17, 15) is 13.2 Å². The SMILES string of the molecule is FC(F)(F)COCCn1ccnc1NC1CCCCC1. The van der Waals surface area contributed by atoms with E-state index < -0.39 is 12.8 Å². The Kier molecular flexibility index (Phi) is 5.28. The number of nitrogens with one attached hydrogen (secondary N) is 1. The fourth-order valence-corrected chi connectivity index (χ4v) is 2.41. The van der Waals surface area contributed by atoms with Gasteiger partial charge in [0.2, 0.25) is 5.95 Å². The predicted molar refractivity (Wildman–Crippen MR) is 69.6 cm³/mol. The van der Waals surface area contributed by atoms with Crippen LogP contribution in [0.3, 0.4) is 0 Å². The number of hydrogen-bond acceptors (Lipinski definition) is 3. The van der Waals surface area contributed by atoms with Crippen LogP contribution < -0.4 is 5.32 Å². The number of alkyl halides is 3. The van der Waals surface area contributed by atoms with Gasteiger partial charge in [-0.05, 0) is 12.8 Å². The molecule has 1 aromatic heterocycles. The van der Waals surface area contributed by atoms with Gasteiger partial charge in [-0.3, -0.25) is 0 Å². The smallest absolute Gasteiger partial charge is 0.370 e. The fraction of sp³-hybridized carbons (Fsp3) is 0.769. The van der Waals surface area contributed by atoms with E-state index in [4.69, 9.17) is 0 Å². The van der Waals surface area contributed by atoms with E-state index in [0.29, 0.717) is 18.5 Å². The Balaban J connectivity index is 1.76. The van der Waals surface area contributed by atoms with Crippen molar-refractivity contribution in [3.63, 3.8) is 0 Å². The lowest BCUT2D eigenvalue weighted by atomic mass is 9.96. The van der Waals surface area contributed by atoms with Crippen LogP contribution in [0, 0.1) is 0 Å². The topological polar surface area (TPSA) is 39.1 Å². The molecular weight excluding hydrogens is 271 g/mol. The Bertz CT molecular complexity index is 400. The molecule has 20 heavy (non-hydrogen) atoms. The van der Waals surface area contributed by atoms with Crippen LogP contribution in [0.1, 0.15) is 32.1 Å². The molecule has 0 saturated heterocycles. The van der Waals surface area contributed by atoms with E-state index in [-0.39, 0.29) is 6.61 Å². The molecule has 2 rings (SSSR count). The minimum Gasteiger partial charge on any atom is -0.370 e. The van der Waals surface area contributed by atoms with Crippen molar-refractivity contribution in [2.24, 2.45) is 0 Å². The highest BCUT2D eigenvalue weighted by Gasteiger charge is 2.27. The third kappa shape index (κ3) is 5.03. The first kappa shape index (κ1) is 15.2. The molecule has 114 valence electrons. The van der Waals surface area contributed by atoms with Crippen molar-refractivity contribution in [2.45, 2.75) is 50.9 Å². The summed E-state index contributed by atoms with van der Waals surface area (Å²) in [7, 11) is 0. The summed E-state index contributed by atoms with van der Waals surface area (Å²) in [6.45, 7) is -0.812. The van der Waals surface area contributed by atoms with Crippen molar-refractivity contribution in [3.05, 3.63) is 12.4 Å². The zero-order valence-corrected chi connectivity index (χ0v) is 11.3. The lowest BCUT2D eigenvalue weighted by Gasteiger charge is -2.23. The van der Waals surface area contributed by atoms with Crippen molar-refractivity contribution in [1.82, 2.24) is 9.55 Å². The standard InChI is InChI=1S/C13H20F3N3O/c14-13(15,16)10-20-9-8-19-7-6-17-12(19)18-11-4-2-1-3-5-11/h6-7,11H,1-5,8-10H2,(H,17,18). The van der Waals surface area contributed by atoms with Gasteiger partial charge in [-0.25, -0.2) is 4.98 Å². The lowest BCUT2D eigenvalue weighted by molar-refractivity contribution is -0.174. The summed E-state index contributed by atoms with van der Waals surface area (Å²) in [5, 5.41) is 3.36. The minimum atomic E-state index is -4.27. The molecule has 0 amide bonds. The van der Waals surface area contributed by atoms with Gasteiger partial charge in [0, 0.05) is 25.0 Å². The van der Waals surface area contributed by atoms with Gasteiger partial charge in [0.1, 0.15) is 6.61 Å². The number of rotatable bonds is 6. The number of imidazole rings is 1. The van der Waals surface area contributed by atoms with E-state index in [1.807, 2.05) is 0 Å². The molecule has 1 heterocycles. The van der Waals surface area contributed by atoms with Gasteiger partial charge in [0.05, 0.1) is 6.61 Å². The number of ether oxygens (including phenoxy) is 1. The zero-order chi connectivity index (χ0) is 14.4. The lowest BCUT2D eigenvalue weighted by Crippen LogP contribution is -2.25. The summed E-state index contributed by atoms with van der Waals surface area (Å²) in [5.41, 5.74) is 0. The van der Waals surface area contributed by atoms with E-state index in [1.165, 1.54) is 19.3 Å². The molecular formula is C13H20F3N3O. The van der Waals surface area contributed by atoms with Crippen LogP contribution in [-0.4, -0.2) is 35.0 Å².